The number of rotatable bonds is 6. The molecule has 2 rings (SSSR count). The van der Waals surface area contributed by atoms with Crippen LogP contribution in [0.3, 0.4) is 0 Å². The van der Waals surface area contributed by atoms with Gasteiger partial charge in [-0.3, -0.25) is 9.59 Å². The molecule has 0 fully saturated rings. The van der Waals surface area contributed by atoms with Crippen molar-refractivity contribution in [2.24, 2.45) is 0 Å². The Morgan fingerprint density at radius 2 is 2.18 bits per heavy atom. The number of nitrogens with one attached hydrogen (secondary N) is 2. The molecule has 0 atom stereocenters. The first-order chi connectivity index (χ1) is 10.6. The highest BCUT2D eigenvalue weighted by Crippen LogP contribution is 2.24. The number of thioether (sulfide) groups is 1. The van der Waals surface area contributed by atoms with E-state index in [0.29, 0.717) is 29.6 Å². The number of hydrogen-bond acceptors (Lipinski definition) is 5. The quantitative estimate of drug-likeness (QED) is 0.853. The molecule has 1 amide bonds. The fourth-order valence-corrected chi connectivity index (χ4v) is 2.28. The molecule has 1 aromatic heterocycles. The van der Waals surface area contributed by atoms with Crippen LogP contribution in [0.2, 0.25) is 0 Å². The monoisotopic (exact) mass is 319 g/mol. The van der Waals surface area contributed by atoms with Crippen LogP contribution in [0.4, 0.5) is 5.69 Å². The topological polar surface area (TPSA) is 84.1 Å². The van der Waals surface area contributed by atoms with Gasteiger partial charge in [0.15, 0.2) is 0 Å². The van der Waals surface area contributed by atoms with E-state index < -0.39 is 5.91 Å². The summed E-state index contributed by atoms with van der Waals surface area (Å²) in [6, 6.07) is 8.30. The van der Waals surface area contributed by atoms with Gasteiger partial charge in [-0.2, -0.15) is 11.8 Å². The molecular formula is C15H17N3O3S. The Kier molecular flexibility index (Phi) is 5.60. The normalized spacial score (nSPS) is 10.3. The minimum absolute atomic E-state index is 0.0825. The van der Waals surface area contributed by atoms with Crippen molar-refractivity contribution in [3.8, 4) is 5.75 Å². The predicted octanol–water partition coefficient (Wildman–Crippen LogP) is 2.28. The number of amides is 1. The summed E-state index contributed by atoms with van der Waals surface area (Å²) in [4.78, 5) is 30.7. The number of hydrogen-bond donors (Lipinski definition) is 2. The minimum Gasteiger partial charge on any atom is -0.492 e. The maximum atomic E-state index is 12.3. The number of para-hydroxylation sites is 2. The molecular weight excluding hydrogens is 302 g/mol. The van der Waals surface area contributed by atoms with E-state index in [1.165, 1.54) is 17.8 Å². The van der Waals surface area contributed by atoms with Crippen molar-refractivity contribution in [1.29, 1.82) is 0 Å². The van der Waals surface area contributed by atoms with Crippen molar-refractivity contribution in [3.63, 3.8) is 0 Å². The van der Waals surface area contributed by atoms with Crippen LogP contribution in [0.25, 0.3) is 0 Å². The zero-order valence-electron chi connectivity index (χ0n) is 12.4. The lowest BCUT2D eigenvalue weighted by Gasteiger charge is -2.11. The van der Waals surface area contributed by atoms with E-state index in [-0.39, 0.29) is 11.3 Å². The first-order valence-corrected chi connectivity index (χ1v) is 8.15. The summed E-state index contributed by atoms with van der Waals surface area (Å²) in [5.74, 6) is 1.14. The van der Waals surface area contributed by atoms with Crippen LogP contribution in [0.5, 0.6) is 5.75 Å². The summed E-state index contributed by atoms with van der Waals surface area (Å²) < 4.78 is 5.45. The van der Waals surface area contributed by atoms with Crippen LogP contribution in [0.1, 0.15) is 23.2 Å². The van der Waals surface area contributed by atoms with Gasteiger partial charge in [0.05, 0.1) is 18.0 Å². The fourth-order valence-electron chi connectivity index (χ4n) is 1.87. The molecule has 0 bridgehead atoms. The zero-order chi connectivity index (χ0) is 15.9. The summed E-state index contributed by atoms with van der Waals surface area (Å²) in [5.41, 5.74) is 0.282. The largest absolute Gasteiger partial charge is 0.492 e. The number of H-pyrrole nitrogens is 1. The predicted molar refractivity (Wildman–Crippen MR) is 87.6 cm³/mol. The highest BCUT2D eigenvalue weighted by Gasteiger charge is 2.13. The molecule has 0 spiro atoms. The standard InChI is InChI=1S/C15H17N3O3S/c1-3-21-12-7-5-4-6-10(12)17-15(20)11-8-14(19)18-13(16-11)9-22-2/h4-8H,3,9H2,1-2H3,(H,17,20)(H,16,18,19). The van der Waals surface area contributed by atoms with Crippen LogP contribution >= 0.6 is 11.8 Å². The fraction of sp³-hybridized carbons (Fsp3) is 0.267. The van der Waals surface area contributed by atoms with Gasteiger partial charge in [-0.1, -0.05) is 12.1 Å². The average Bonchev–Trinajstić information content (AvgIpc) is 2.49. The Balaban J connectivity index is 2.24. The Morgan fingerprint density at radius 3 is 2.91 bits per heavy atom. The third-order valence-corrected chi connectivity index (χ3v) is 3.30. The Bertz CT molecular complexity index is 715. The number of aromatic nitrogens is 2. The van der Waals surface area contributed by atoms with Gasteiger partial charge >= 0.3 is 0 Å². The smallest absolute Gasteiger partial charge is 0.274 e. The van der Waals surface area contributed by atoms with Gasteiger partial charge < -0.3 is 15.0 Å². The molecule has 0 saturated carbocycles. The summed E-state index contributed by atoms with van der Waals surface area (Å²) in [5, 5.41) is 2.72. The molecule has 0 saturated heterocycles. The van der Waals surface area contributed by atoms with Crippen molar-refractivity contribution in [3.05, 3.63) is 52.2 Å². The lowest BCUT2D eigenvalue weighted by atomic mass is 10.2. The van der Waals surface area contributed by atoms with Gasteiger partial charge in [0.2, 0.25) is 0 Å². The maximum Gasteiger partial charge on any atom is 0.274 e. The molecule has 0 aliphatic rings. The van der Waals surface area contributed by atoms with E-state index in [4.69, 9.17) is 4.74 Å². The maximum absolute atomic E-state index is 12.3. The number of anilines is 1. The van der Waals surface area contributed by atoms with E-state index >= 15 is 0 Å². The van der Waals surface area contributed by atoms with E-state index in [2.05, 4.69) is 15.3 Å². The van der Waals surface area contributed by atoms with Crippen LogP contribution < -0.4 is 15.6 Å². The molecule has 1 heterocycles. The Labute approximate surface area is 132 Å². The van der Waals surface area contributed by atoms with Crippen molar-refractivity contribution >= 4 is 23.4 Å². The third-order valence-electron chi connectivity index (χ3n) is 2.74. The molecule has 2 aromatic rings. The highest BCUT2D eigenvalue weighted by atomic mass is 32.2. The first kappa shape index (κ1) is 16.1. The number of nitrogens with zero attached hydrogens (tertiary/aromatic N) is 1. The van der Waals surface area contributed by atoms with Gasteiger partial charge in [-0.15, -0.1) is 0 Å². The minimum atomic E-state index is -0.444. The molecule has 0 aliphatic heterocycles. The first-order valence-electron chi connectivity index (χ1n) is 6.76. The molecule has 2 N–H and O–H groups in total. The number of ether oxygens (including phenoxy) is 1. The second-order valence-electron chi connectivity index (χ2n) is 4.39. The van der Waals surface area contributed by atoms with Gasteiger partial charge in [0, 0.05) is 6.07 Å². The lowest BCUT2D eigenvalue weighted by Crippen LogP contribution is -2.20. The van der Waals surface area contributed by atoms with E-state index in [9.17, 15) is 9.59 Å². The Hall–Kier alpha value is -2.28. The Morgan fingerprint density at radius 1 is 1.41 bits per heavy atom. The van der Waals surface area contributed by atoms with E-state index in [1.807, 2.05) is 19.2 Å². The molecule has 0 aliphatic carbocycles. The summed E-state index contributed by atoms with van der Waals surface area (Å²) in [7, 11) is 0. The van der Waals surface area contributed by atoms with Crippen molar-refractivity contribution in [2.45, 2.75) is 12.7 Å². The lowest BCUT2D eigenvalue weighted by molar-refractivity contribution is 0.102. The van der Waals surface area contributed by atoms with Crippen molar-refractivity contribution in [1.82, 2.24) is 9.97 Å². The summed E-state index contributed by atoms with van der Waals surface area (Å²) >= 11 is 1.51. The summed E-state index contributed by atoms with van der Waals surface area (Å²) in [6.07, 6.45) is 1.89. The van der Waals surface area contributed by atoms with Gasteiger partial charge in [0.25, 0.3) is 11.5 Å². The summed E-state index contributed by atoms with van der Waals surface area (Å²) in [6.45, 7) is 2.36. The SMILES string of the molecule is CCOc1ccccc1NC(=O)c1cc(=O)[nH]c(CSC)n1. The molecule has 116 valence electrons. The zero-order valence-corrected chi connectivity index (χ0v) is 13.2. The number of benzene rings is 1. The molecule has 1 aromatic carbocycles. The van der Waals surface area contributed by atoms with Gasteiger partial charge in [-0.25, -0.2) is 4.98 Å². The number of aromatic amines is 1. The van der Waals surface area contributed by atoms with Crippen molar-refractivity contribution < 1.29 is 9.53 Å². The van der Waals surface area contributed by atoms with Gasteiger partial charge in [-0.05, 0) is 25.3 Å². The van der Waals surface area contributed by atoms with E-state index in [0.717, 1.165) is 0 Å². The van der Waals surface area contributed by atoms with Crippen LogP contribution in [-0.4, -0.2) is 28.7 Å². The molecule has 6 nitrogen and oxygen atoms in total. The molecule has 22 heavy (non-hydrogen) atoms. The molecule has 7 heteroatoms. The number of carbonyl (C=O) groups excluding carboxylic acids is 1. The van der Waals surface area contributed by atoms with Crippen LogP contribution in [0.15, 0.2) is 35.1 Å². The van der Waals surface area contributed by atoms with Crippen LogP contribution in [0, 0.1) is 0 Å². The molecule has 0 unspecified atom stereocenters. The third kappa shape index (κ3) is 4.11. The molecule has 0 radical (unpaired) electrons. The average molecular weight is 319 g/mol. The van der Waals surface area contributed by atoms with E-state index in [1.54, 1.807) is 18.2 Å². The second kappa shape index (κ2) is 7.65. The van der Waals surface area contributed by atoms with Crippen LogP contribution in [-0.2, 0) is 5.75 Å². The number of carbonyl (C=O) groups is 1. The highest BCUT2D eigenvalue weighted by molar-refractivity contribution is 7.97. The van der Waals surface area contributed by atoms with Crippen molar-refractivity contribution in [2.75, 3.05) is 18.2 Å². The second-order valence-corrected chi connectivity index (χ2v) is 5.26. The van der Waals surface area contributed by atoms with Gasteiger partial charge in [0.1, 0.15) is 17.3 Å².